The number of amides is 1. The molecule has 0 spiro atoms. The molecule has 1 aliphatic heterocycles. The lowest BCUT2D eigenvalue weighted by Crippen LogP contribution is -2.36. The number of benzene rings is 1. The van der Waals surface area contributed by atoms with Crippen LogP contribution in [0.25, 0.3) is 23.4 Å². The van der Waals surface area contributed by atoms with Crippen molar-refractivity contribution in [3.8, 4) is 11.3 Å². The van der Waals surface area contributed by atoms with Gasteiger partial charge in [-0.2, -0.15) is 5.10 Å². The number of carbonyl (C=O) groups excluding carboxylic acids is 1. The Morgan fingerprint density at radius 2 is 1.96 bits per heavy atom. The molecule has 7 heteroatoms. The Balaban J connectivity index is 0.00000192. The number of aromatic nitrogens is 3. The lowest BCUT2D eigenvalue weighted by Gasteiger charge is -2.17. The predicted octanol–water partition coefficient (Wildman–Crippen LogP) is 4.03. The Bertz CT molecular complexity index is 1090. The van der Waals surface area contributed by atoms with Crippen molar-refractivity contribution in [3.63, 3.8) is 0 Å². The van der Waals surface area contributed by atoms with Crippen molar-refractivity contribution < 1.29 is 4.79 Å². The van der Waals surface area contributed by atoms with Gasteiger partial charge in [0.15, 0.2) is 0 Å². The molecule has 0 fully saturated rings. The molecular formula is C21H18Cl2N4O. The van der Waals surface area contributed by atoms with E-state index in [1.807, 2.05) is 47.3 Å². The third kappa shape index (κ3) is 3.21. The van der Waals surface area contributed by atoms with Crippen molar-refractivity contribution in [3.05, 3.63) is 69.6 Å². The molecule has 0 saturated heterocycles. The first-order chi connectivity index (χ1) is 13.2. The standard InChI is InChI=1S/C21H17ClN4O.ClH/c22-15-5-1-13(2-6-15)3-7-16-11-18-14(12-24-16)4-8-17-19(18)25-26-10-9-23-21(27)20(17)26;/h1-3,5-7,11-12H,4,8-10H2,(H,23,27);1H. The van der Waals surface area contributed by atoms with Crippen LogP contribution in [0, 0.1) is 0 Å². The molecule has 1 aromatic carbocycles. The van der Waals surface area contributed by atoms with Crippen molar-refractivity contribution in [2.75, 3.05) is 6.54 Å². The van der Waals surface area contributed by atoms with Crippen molar-refractivity contribution >= 4 is 42.1 Å². The van der Waals surface area contributed by atoms with Crippen LogP contribution in [-0.2, 0) is 19.4 Å². The monoisotopic (exact) mass is 412 g/mol. The molecule has 1 N–H and O–H groups in total. The molecule has 28 heavy (non-hydrogen) atoms. The van der Waals surface area contributed by atoms with Crippen LogP contribution in [0.2, 0.25) is 5.02 Å². The number of carbonyl (C=O) groups is 1. The van der Waals surface area contributed by atoms with E-state index in [0.717, 1.165) is 58.2 Å². The van der Waals surface area contributed by atoms with Crippen LogP contribution in [-0.4, -0.2) is 27.2 Å². The highest BCUT2D eigenvalue weighted by molar-refractivity contribution is 6.30. The van der Waals surface area contributed by atoms with E-state index in [2.05, 4.69) is 16.4 Å². The third-order valence-corrected chi connectivity index (χ3v) is 5.35. The van der Waals surface area contributed by atoms with Gasteiger partial charge in [-0.15, -0.1) is 12.4 Å². The summed E-state index contributed by atoms with van der Waals surface area (Å²) < 4.78 is 1.85. The van der Waals surface area contributed by atoms with E-state index in [1.54, 1.807) is 0 Å². The molecule has 3 aromatic rings. The number of nitrogens with one attached hydrogen (secondary N) is 1. The summed E-state index contributed by atoms with van der Waals surface area (Å²) >= 11 is 5.94. The fourth-order valence-corrected chi connectivity index (χ4v) is 3.88. The van der Waals surface area contributed by atoms with Crippen LogP contribution in [0.1, 0.15) is 32.9 Å². The van der Waals surface area contributed by atoms with Crippen LogP contribution in [0.3, 0.4) is 0 Å². The Kier molecular flexibility index (Phi) is 4.96. The highest BCUT2D eigenvalue weighted by Gasteiger charge is 2.30. The smallest absolute Gasteiger partial charge is 0.269 e. The van der Waals surface area contributed by atoms with E-state index in [1.165, 1.54) is 5.56 Å². The number of fused-ring (bicyclic) bond motifs is 5. The van der Waals surface area contributed by atoms with Crippen LogP contribution in [0.15, 0.2) is 36.5 Å². The topological polar surface area (TPSA) is 59.8 Å². The molecule has 0 radical (unpaired) electrons. The average molecular weight is 413 g/mol. The Labute approximate surface area is 173 Å². The summed E-state index contributed by atoms with van der Waals surface area (Å²) in [5.74, 6) is -0.0182. The van der Waals surface area contributed by atoms with Gasteiger partial charge in [-0.3, -0.25) is 14.5 Å². The average Bonchev–Trinajstić information content (AvgIpc) is 3.08. The number of rotatable bonds is 2. The summed E-state index contributed by atoms with van der Waals surface area (Å²) in [7, 11) is 0. The molecular weight excluding hydrogens is 395 g/mol. The van der Waals surface area contributed by atoms with E-state index < -0.39 is 0 Å². The zero-order valence-corrected chi connectivity index (χ0v) is 16.6. The number of pyridine rings is 1. The maximum absolute atomic E-state index is 12.3. The highest BCUT2D eigenvalue weighted by atomic mass is 35.5. The molecule has 0 saturated carbocycles. The van der Waals surface area contributed by atoms with Gasteiger partial charge in [0.1, 0.15) is 5.69 Å². The first kappa shape index (κ1) is 18.7. The molecule has 1 aliphatic carbocycles. The van der Waals surface area contributed by atoms with E-state index in [9.17, 15) is 4.79 Å². The molecule has 0 bridgehead atoms. The van der Waals surface area contributed by atoms with Gasteiger partial charge in [0.25, 0.3) is 5.91 Å². The van der Waals surface area contributed by atoms with Gasteiger partial charge in [0.2, 0.25) is 0 Å². The lowest BCUT2D eigenvalue weighted by atomic mass is 9.89. The molecule has 5 nitrogen and oxygen atoms in total. The van der Waals surface area contributed by atoms with Gasteiger partial charge in [-0.25, -0.2) is 0 Å². The van der Waals surface area contributed by atoms with Gasteiger partial charge >= 0.3 is 0 Å². The van der Waals surface area contributed by atoms with Crippen molar-refractivity contribution in [2.45, 2.75) is 19.4 Å². The van der Waals surface area contributed by atoms with E-state index in [4.69, 9.17) is 16.7 Å². The number of hydrogen-bond donors (Lipinski definition) is 1. The minimum Gasteiger partial charge on any atom is -0.349 e. The van der Waals surface area contributed by atoms with Gasteiger partial charge in [0.05, 0.1) is 17.9 Å². The summed E-state index contributed by atoms with van der Waals surface area (Å²) in [6.07, 6.45) is 7.63. The summed E-state index contributed by atoms with van der Waals surface area (Å²) in [6, 6.07) is 9.74. The second-order valence-corrected chi connectivity index (χ2v) is 7.24. The summed E-state index contributed by atoms with van der Waals surface area (Å²) in [5, 5.41) is 8.38. The maximum Gasteiger partial charge on any atom is 0.269 e. The molecule has 3 heterocycles. The maximum atomic E-state index is 12.3. The quantitative estimate of drug-likeness (QED) is 0.690. The second kappa shape index (κ2) is 7.41. The van der Waals surface area contributed by atoms with E-state index in [0.29, 0.717) is 6.54 Å². The predicted molar refractivity (Wildman–Crippen MR) is 113 cm³/mol. The number of hydrogen-bond acceptors (Lipinski definition) is 3. The lowest BCUT2D eigenvalue weighted by molar-refractivity contribution is 0.0923. The van der Waals surface area contributed by atoms with Crippen molar-refractivity contribution in [1.82, 2.24) is 20.1 Å². The summed E-state index contributed by atoms with van der Waals surface area (Å²) in [4.78, 5) is 16.8. The summed E-state index contributed by atoms with van der Waals surface area (Å²) in [5.41, 5.74) is 6.89. The second-order valence-electron chi connectivity index (χ2n) is 6.81. The van der Waals surface area contributed by atoms with Crippen LogP contribution in [0.5, 0.6) is 0 Å². The molecule has 142 valence electrons. The van der Waals surface area contributed by atoms with Gasteiger partial charge in [-0.1, -0.05) is 29.8 Å². The minimum atomic E-state index is -0.0182. The normalized spacial score (nSPS) is 14.7. The Hall–Kier alpha value is -2.63. The van der Waals surface area contributed by atoms with Gasteiger partial charge in [0, 0.05) is 28.9 Å². The zero-order valence-electron chi connectivity index (χ0n) is 15.0. The fourth-order valence-electron chi connectivity index (χ4n) is 3.75. The summed E-state index contributed by atoms with van der Waals surface area (Å²) in [6.45, 7) is 1.35. The minimum absolute atomic E-state index is 0. The molecule has 5 rings (SSSR count). The molecule has 2 aromatic heterocycles. The van der Waals surface area contributed by atoms with E-state index >= 15 is 0 Å². The van der Waals surface area contributed by atoms with Crippen molar-refractivity contribution in [2.24, 2.45) is 0 Å². The Morgan fingerprint density at radius 1 is 1.14 bits per heavy atom. The van der Waals surface area contributed by atoms with Gasteiger partial charge < -0.3 is 5.32 Å². The zero-order chi connectivity index (χ0) is 18.4. The SMILES string of the molecule is Cl.O=C1NCCn2nc3c(c21)CCc1cnc(C=Cc2ccc(Cl)cc2)cc1-3. The molecule has 0 atom stereocenters. The molecule has 0 unspecified atom stereocenters. The number of halogens is 2. The van der Waals surface area contributed by atoms with Crippen molar-refractivity contribution in [1.29, 1.82) is 0 Å². The first-order valence-corrected chi connectivity index (χ1v) is 9.38. The molecule has 2 aliphatic rings. The first-order valence-electron chi connectivity index (χ1n) is 9.00. The van der Waals surface area contributed by atoms with Gasteiger partial charge in [-0.05, 0) is 48.2 Å². The highest BCUT2D eigenvalue weighted by Crippen LogP contribution is 2.35. The number of nitrogens with zero attached hydrogens (tertiary/aromatic N) is 3. The fraction of sp³-hybridized carbons (Fsp3) is 0.190. The number of aryl methyl sites for hydroxylation is 1. The third-order valence-electron chi connectivity index (χ3n) is 5.10. The largest absolute Gasteiger partial charge is 0.349 e. The van der Waals surface area contributed by atoms with Crippen LogP contribution < -0.4 is 5.32 Å². The molecule has 1 amide bonds. The Morgan fingerprint density at radius 3 is 2.79 bits per heavy atom. The van der Waals surface area contributed by atoms with E-state index in [-0.39, 0.29) is 18.3 Å². The van der Waals surface area contributed by atoms with Crippen LogP contribution in [0.4, 0.5) is 0 Å². The van der Waals surface area contributed by atoms with Crippen LogP contribution >= 0.6 is 24.0 Å².